The Bertz CT molecular complexity index is 1260. The molecular weight excluding hydrogens is 492 g/mol. The number of hydrogen-bond acceptors (Lipinski definition) is 6. The first-order chi connectivity index (χ1) is 17.8. The highest BCUT2D eigenvalue weighted by molar-refractivity contribution is 6.30. The maximum absolute atomic E-state index is 10.6. The normalized spacial score (nSPS) is 15.1. The molecule has 3 aromatic carbocycles. The Hall–Kier alpha value is -3.55. The van der Waals surface area contributed by atoms with Crippen molar-refractivity contribution in [3.05, 3.63) is 99.6 Å². The average Bonchev–Trinajstić information content (AvgIpc) is 2.84. The van der Waals surface area contributed by atoms with Crippen LogP contribution >= 0.6 is 11.6 Å². The van der Waals surface area contributed by atoms with Crippen molar-refractivity contribution >= 4 is 23.5 Å². The zero-order valence-electron chi connectivity index (χ0n) is 21.2. The number of oxime groups is 1. The Morgan fingerprint density at radius 2 is 1.78 bits per heavy atom. The highest BCUT2D eigenvalue weighted by Crippen LogP contribution is 2.27. The molecular formula is C29H31ClN2O5. The third-order valence-corrected chi connectivity index (χ3v) is 6.56. The number of nitrogens with zero attached hydrogens (tertiary/aromatic N) is 2. The lowest BCUT2D eigenvalue weighted by molar-refractivity contribution is -0.0363. The molecule has 4 rings (SSSR count). The summed E-state index contributed by atoms with van der Waals surface area (Å²) in [4.78, 5) is 18.4. The average molecular weight is 523 g/mol. The molecule has 194 valence electrons. The van der Waals surface area contributed by atoms with Crippen LogP contribution in [0.2, 0.25) is 5.02 Å². The Labute approximate surface area is 222 Å². The molecule has 0 aromatic heterocycles. The van der Waals surface area contributed by atoms with E-state index in [1.807, 2.05) is 73.7 Å². The van der Waals surface area contributed by atoms with E-state index in [2.05, 4.69) is 23.9 Å². The number of hydrogen-bond donors (Lipinski definition) is 1. The van der Waals surface area contributed by atoms with Crippen LogP contribution in [0.3, 0.4) is 0 Å². The smallest absolute Gasteiger partial charge is 0.480 e. The van der Waals surface area contributed by atoms with E-state index in [-0.39, 0.29) is 6.10 Å². The molecule has 3 aromatic rings. The first-order valence-electron chi connectivity index (χ1n) is 12.1. The van der Waals surface area contributed by atoms with Crippen molar-refractivity contribution in [1.82, 2.24) is 4.90 Å². The lowest BCUT2D eigenvalue weighted by atomic mass is 10.1. The van der Waals surface area contributed by atoms with E-state index in [1.54, 1.807) is 0 Å². The zero-order chi connectivity index (χ0) is 26.4. The Balaban J connectivity index is 1.36. The van der Waals surface area contributed by atoms with Crippen molar-refractivity contribution in [2.75, 3.05) is 13.1 Å². The Morgan fingerprint density at radius 3 is 2.46 bits per heavy atom. The maximum atomic E-state index is 10.6. The van der Waals surface area contributed by atoms with Crippen molar-refractivity contribution in [3.8, 4) is 5.75 Å². The molecule has 0 saturated carbocycles. The third-order valence-electron chi connectivity index (χ3n) is 6.32. The minimum Gasteiger partial charge on any atom is -0.480 e. The molecule has 0 bridgehead atoms. The summed E-state index contributed by atoms with van der Waals surface area (Å²) < 4.78 is 11.1. The molecule has 8 heteroatoms. The largest absolute Gasteiger partial charge is 0.506 e. The predicted molar refractivity (Wildman–Crippen MR) is 143 cm³/mol. The van der Waals surface area contributed by atoms with Gasteiger partial charge in [0.05, 0.1) is 5.71 Å². The molecule has 1 unspecified atom stereocenters. The van der Waals surface area contributed by atoms with Gasteiger partial charge in [0.2, 0.25) is 0 Å². The monoisotopic (exact) mass is 522 g/mol. The minimum atomic E-state index is -1.22. The van der Waals surface area contributed by atoms with Gasteiger partial charge in [-0.05, 0) is 72.9 Å². The van der Waals surface area contributed by atoms with Gasteiger partial charge in [-0.25, -0.2) is 4.79 Å². The number of halogens is 1. The van der Waals surface area contributed by atoms with Gasteiger partial charge in [0.25, 0.3) is 0 Å². The van der Waals surface area contributed by atoms with E-state index >= 15 is 0 Å². The van der Waals surface area contributed by atoms with Gasteiger partial charge in [-0.2, -0.15) is 0 Å². The second kappa shape index (κ2) is 12.1. The fraction of sp³-hybridized carbons (Fsp3) is 0.310. The first kappa shape index (κ1) is 26.5. The van der Waals surface area contributed by atoms with Gasteiger partial charge in [0.1, 0.15) is 18.5 Å². The van der Waals surface area contributed by atoms with E-state index < -0.39 is 12.3 Å². The van der Waals surface area contributed by atoms with Crippen LogP contribution < -0.4 is 4.74 Å². The Morgan fingerprint density at radius 1 is 1.05 bits per heavy atom. The summed E-state index contributed by atoms with van der Waals surface area (Å²) in [6.45, 7) is 8.30. The second-order valence-corrected chi connectivity index (χ2v) is 9.76. The van der Waals surface area contributed by atoms with Gasteiger partial charge in [-0.3, -0.25) is 4.90 Å². The van der Waals surface area contributed by atoms with Gasteiger partial charge in [0, 0.05) is 24.7 Å². The molecule has 7 nitrogen and oxygen atoms in total. The molecule has 1 fully saturated rings. The van der Waals surface area contributed by atoms with Gasteiger partial charge >= 0.3 is 6.16 Å². The first-order valence-corrected chi connectivity index (χ1v) is 12.5. The predicted octanol–water partition coefficient (Wildman–Crippen LogP) is 6.55. The molecule has 0 radical (unpaired) electrons. The summed E-state index contributed by atoms with van der Waals surface area (Å²) >= 11 is 6.25. The lowest BCUT2D eigenvalue weighted by Gasteiger charge is -2.37. The lowest BCUT2D eigenvalue weighted by Crippen LogP contribution is -2.52. The Kier molecular flexibility index (Phi) is 8.69. The quantitative estimate of drug-likeness (QED) is 0.185. The number of carbonyl (C=O) groups is 1. The molecule has 0 amide bonds. The number of ether oxygens (including phenoxy) is 2. The van der Waals surface area contributed by atoms with E-state index in [0.29, 0.717) is 30.4 Å². The van der Waals surface area contributed by atoms with Gasteiger partial charge in [0.15, 0.2) is 6.10 Å². The van der Waals surface area contributed by atoms with Crippen molar-refractivity contribution in [3.63, 3.8) is 0 Å². The van der Waals surface area contributed by atoms with Crippen molar-refractivity contribution in [1.29, 1.82) is 0 Å². The second-order valence-electron chi connectivity index (χ2n) is 9.32. The van der Waals surface area contributed by atoms with Crippen LogP contribution in [0.25, 0.3) is 0 Å². The standard InChI is InChI=1S/C29H31ClN2O5/c1-19-7-12-26(13-20(19)2)36-28(24-5-4-6-25(30)14-24)21(3)31-35-18-23-10-8-22(9-11-23)15-32-16-27(17-32)37-29(33)34/h4-14,27-28H,15-18H2,1-3H3,(H,33,34)/b31-21+. The number of rotatable bonds is 10. The highest BCUT2D eigenvalue weighted by atomic mass is 35.5. The SMILES string of the molecule is C/C(=N\OCc1ccc(CN2CC(OC(=O)O)C2)cc1)C(Oc1ccc(C)c(C)c1)c1cccc(Cl)c1. The molecule has 1 atom stereocenters. The van der Waals surface area contributed by atoms with Crippen LogP contribution in [0.1, 0.15) is 40.8 Å². The van der Waals surface area contributed by atoms with Crippen LogP contribution in [-0.2, 0) is 22.7 Å². The van der Waals surface area contributed by atoms with Crippen molar-refractivity contribution in [2.45, 2.75) is 46.1 Å². The number of likely N-dealkylation sites (tertiary alicyclic amines) is 1. The molecule has 1 heterocycles. The molecule has 0 spiro atoms. The number of benzene rings is 3. The molecule has 0 aliphatic carbocycles. The van der Waals surface area contributed by atoms with Crippen LogP contribution in [0.15, 0.2) is 71.9 Å². The van der Waals surface area contributed by atoms with E-state index in [1.165, 1.54) is 5.56 Å². The third kappa shape index (κ3) is 7.47. The molecule has 1 N–H and O–H groups in total. The maximum Gasteiger partial charge on any atom is 0.506 e. The van der Waals surface area contributed by atoms with E-state index in [0.717, 1.165) is 34.5 Å². The van der Waals surface area contributed by atoms with Crippen molar-refractivity contribution in [2.24, 2.45) is 5.16 Å². The van der Waals surface area contributed by atoms with Gasteiger partial charge in [-0.15, -0.1) is 0 Å². The van der Waals surface area contributed by atoms with Crippen LogP contribution in [0, 0.1) is 13.8 Å². The van der Waals surface area contributed by atoms with Crippen LogP contribution in [0.4, 0.5) is 4.79 Å². The van der Waals surface area contributed by atoms with E-state index in [9.17, 15) is 4.79 Å². The molecule has 1 aliphatic rings. The van der Waals surface area contributed by atoms with E-state index in [4.69, 9.17) is 31.0 Å². The highest BCUT2D eigenvalue weighted by Gasteiger charge is 2.29. The summed E-state index contributed by atoms with van der Waals surface area (Å²) in [7, 11) is 0. The van der Waals surface area contributed by atoms with Gasteiger partial charge < -0.3 is 19.4 Å². The van der Waals surface area contributed by atoms with Crippen molar-refractivity contribution < 1.29 is 24.2 Å². The summed E-state index contributed by atoms with van der Waals surface area (Å²) in [5.41, 5.74) is 6.05. The topological polar surface area (TPSA) is 80.6 Å². The molecule has 37 heavy (non-hydrogen) atoms. The number of aryl methyl sites for hydroxylation is 2. The summed E-state index contributed by atoms with van der Waals surface area (Å²) in [5.74, 6) is 0.751. The zero-order valence-corrected chi connectivity index (χ0v) is 21.9. The fourth-order valence-electron chi connectivity index (χ4n) is 4.11. The van der Waals surface area contributed by atoms with Crippen LogP contribution in [0.5, 0.6) is 5.75 Å². The molecule has 1 aliphatic heterocycles. The van der Waals surface area contributed by atoms with Gasteiger partial charge in [-0.1, -0.05) is 59.2 Å². The minimum absolute atomic E-state index is 0.235. The van der Waals surface area contributed by atoms with Crippen LogP contribution in [-0.4, -0.2) is 41.1 Å². The fourth-order valence-corrected chi connectivity index (χ4v) is 4.31. The number of carboxylic acid groups (broad SMARTS) is 1. The summed E-state index contributed by atoms with van der Waals surface area (Å²) in [6.07, 6.45) is -1.91. The summed E-state index contributed by atoms with van der Waals surface area (Å²) in [6, 6.07) is 21.7. The summed E-state index contributed by atoms with van der Waals surface area (Å²) in [5, 5.41) is 13.7. The molecule has 1 saturated heterocycles.